The zero-order chi connectivity index (χ0) is 30.4. The molecule has 0 radical (unpaired) electrons. The number of thiophene rings is 1. The summed E-state index contributed by atoms with van der Waals surface area (Å²) in [5, 5.41) is 13.2. The van der Waals surface area contributed by atoms with E-state index in [2.05, 4.69) is 155 Å². The standard InChI is InChI=1S/C44H24N2S/c1-2-10-28-25(8-1)9-5-14-33(28)46-35-16-7-13-31-30-12-6-15-34-41(30)43-36(21-18-26-19-22-37(46)44(40(26)43)42(31)35)45(34)27-20-23-39-32(24-27)29-11-3-4-17-38(29)47-39/h1-24H. The van der Waals surface area contributed by atoms with Crippen molar-refractivity contribution in [3.8, 4) is 22.5 Å². The van der Waals surface area contributed by atoms with E-state index in [1.807, 2.05) is 11.3 Å². The molecule has 3 heteroatoms. The average Bonchev–Trinajstić information content (AvgIpc) is 3.75. The van der Waals surface area contributed by atoms with E-state index in [1.165, 1.54) is 108 Å². The molecule has 0 amide bonds. The second-order valence-corrected chi connectivity index (χ2v) is 13.9. The minimum Gasteiger partial charge on any atom is -0.309 e. The summed E-state index contributed by atoms with van der Waals surface area (Å²) in [4.78, 5) is 0. The first kappa shape index (κ1) is 24.3. The number of benzene rings is 8. The molecule has 47 heavy (non-hydrogen) atoms. The summed E-state index contributed by atoms with van der Waals surface area (Å²) < 4.78 is 7.68. The minimum absolute atomic E-state index is 1.21. The highest BCUT2D eigenvalue weighted by atomic mass is 32.1. The molecule has 3 aromatic heterocycles. The number of rotatable bonds is 2. The molecule has 2 nitrogen and oxygen atoms in total. The number of hydrogen-bond donors (Lipinski definition) is 0. The molecule has 0 aliphatic heterocycles. The average molecular weight is 613 g/mol. The van der Waals surface area contributed by atoms with E-state index in [0.717, 1.165) is 0 Å². The van der Waals surface area contributed by atoms with Crippen molar-refractivity contribution < 1.29 is 0 Å². The molecule has 0 saturated heterocycles. The zero-order valence-electron chi connectivity index (χ0n) is 25.2. The lowest BCUT2D eigenvalue weighted by Crippen LogP contribution is -1.95. The van der Waals surface area contributed by atoms with Gasteiger partial charge in [0, 0.05) is 58.2 Å². The van der Waals surface area contributed by atoms with Crippen LogP contribution in [-0.2, 0) is 0 Å². The SMILES string of the molecule is c1ccc2c(-n3c4cccc5c4c4c6c(ccc7c6c6c-5cccc6n7-c5ccc6sc7ccccc7c6c5)ccc43)cccc2c1. The van der Waals surface area contributed by atoms with Gasteiger partial charge in [-0.1, -0.05) is 91.0 Å². The maximum Gasteiger partial charge on any atom is 0.0548 e. The first-order chi connectivity index (χ1) is 23.3. The highest BCUT2D eigenvalue weighted by Crippen LogP contribution is 2.51. The zero-order valence-corrected chi connectivity index (χ0v) is 26.0. The van der Waals surface area contributed by atoms with Crippen molar-refractivity contribution in [2.24, 2.45) is 0 Å². The van der Waals surface area contributed by atoms with Crippen LogP contribution in [0.25, 0.3) is 108 Å². The third-order valence-electron chi connectivity index (χ3n) is 10.6. The van der Waals surface area contributed by atoms with Crippen molar-refractivity contribution in [1.82, 2.24) is 9.13 Å². The van der Waals surface area contributed by atoms with Crippen LogP contribution in [-0.4, -0.2) is 9.13 Å². The molecule has 3 heterocycles. The molecular formula is C44H24N2S. The monoisotopic (exact) mass is 612 g/mol. The number of hydrogen-bond acceptors (Lipinski definition) is 1. The topological polar surface area (TPSA) is 9.86 Å². The third kappa shape index (κ3) is 2.92. The Bertz CT molecular complexity index is 3180. The van der Waals surface area contributed by atoms with E-state index < -0.39 is 0 Å². The van der Waals surface area contributed by atoms with Gasteiger partial charge < -0.3 is 9.13 Å². The van der Waals surface area contributed by atoms with E-state index in [-0.39, 0.29) is 0 Å². The summed E-state index contributed by atoms with van der Waals surface area (Å²) >= 11 is 1.87. The number of aromatic nitrogens is 2. The van der Waals surface area contributed by atoms with Crippen molar-refractivity contribution in [2.45, 2.75) is 0 Å². The highest BCUT2D eigenvalue weighted by molar-refractivity contribution is 7.25. The minimum atomic E-state index is 1.21. The molecule has 0 spiro atoms. The van der Waals surface area contributed by atoms with Gasteiger partial charge in [-0.3, -0.25) is 0 Å². The van der Waals surface area contributed by atoms with E-state index >= 15 is 0 Å². The summed E-state index contributed by atoms with van der Waals surface area (Å²) in [6.45, 7) is 0. The first-order valence-electron chi connectivity index (χ1n) is 16.2. The summed E-state index contributed by atoms with van der Waals surface area (Å²) in [5.41, 5.74) is 10.1. The Morgan fingerprint density at radius 1 is 0.362 bits per heavy atom. The van der Waals surface area contributed by atoms with Gasteiger partial charge in [-0.2, -0.15) is 0 Å². The van der Waals surface area contributed by atoms with Crippen molar-refractivity contribution in [2.75, 3.05) is 0 Å². The van der Waals surface area contributed by atoms with Gasteiger partial charge in [-0.05, 0) is 76.5 Å². The van der Waals surface area contributed by atoms with Gasteiger partial charge in [0.1, 0.15) is 0 Å². The number of fused-ring (bicyclic) bond motifs is 5. The second kappa shape index (κ2) is 8.47. The van der Waals surface area contributed by atoms with E-state index in [0.29, 0.717) is 0 Å². The van der Waals surface area contributed by atoms with E-state index in [9.17, 15) is 0 Å². The van der Waals surface area contributed by atoms with Crippen molar-refractivity contribution in [3.63, 3.8) is 0 Å². The Labute approximate surface area is 272 Å². The lowest BCUT2D eigenvalue weighted by atomic mass is 9.98. The summed E-state index contributed by atoms with van der Waals surface area (Å²) in [6.07, 6.45) is 0. The van der Waals surface area contributed by atoms with Gasteiger partial charge in [0.2, 0.25) is 0 Å². The van der Waals surface area contributed by atoms with Crippen LogP contribution < -0.4 is 0 Å². The van der Waals surface area contributed by atoms with E-state index in [4.69, 9.17) is 0 Å². The van der Waals surface area contributed by atoms with Crippen molar-refractivity contribution in [3.05, 3.63) is 146 Å². The maximum atomic E-state index is 2.51. The van der Waals surface area contributed by atoms with Gasteiger partial charge in [0.05, 0.1) is 27.8 Å². The lowest BCUT2D eigenvalue weighted by Gasteiger charge is -2.13. The smallest absolute Gasteiger partial charge is 0.0548 e. The molecular weight excluding hydrogens is 589 g/mol. The van der Waals surface area contributed by atoms with Gasteiger partial charge in [-0.15, -0.1) is 11.3 Å². The first-order valence-corrected chi connectivity index (χ1v) is 17.0. The van der Waals surface area contributed by atoms with Crippen molar-refractivity contribution in [1.29, 1.82) is 0 Å². The fourth-order valence-electron chi connectivity index (χ4n) is 8.76. The van der Waals surface area contributed by atoms with Gasteiger partial charge >= 0.3 is 0 Å². The lowest BCUT2D eigenvalue weighted by molar-refractivity contribution is 1.19. The Morgan fingerprint density at radius 2 is 0.979 bits per heavy atom. The van der Waals surface area contributed by atoms with Crippen LogP contribution in [0, 0.1) is 0 Å². The van der Waals surface area contributed by atoms with Crippen LogP contribution in [0.1, 0.15) is 0 Å². The molecule has 11 aromatic rings. The summed E-state index contributed by atoms with van der Waals surface area (Å²) in [7, 11) is 0. The quantitative estimate of drug-likeness (QED) is 0.184. The number of nitrogens with zero attached hydrogens (tertiary/aromatic N) is 2. The van der Waals surface area contributed by atoms with Crippen LogP contribution in [0.5, 0.6) is 0 Å². The summed E-state index contributed by atoms with van der Waals surface area (Å²) in [6, 6.07) is 54.4. The van der Waals surface area contributed by atoms with Crippen LogP contribution in [0.2, 0.25) is 0 Å². The van der Waals surface area contributed by atoms with Crippen LogP contribution in [0.15, 0.2) is 146 Å². The Morgan fingerprint density at radius 3 is 1.79 bits per heavy atom. The van der Waals surface area contributed by atoms with Gasteiger partial charge in [0.25, 0.3) is 0 Å². The van der Waals surface area contributed by atoms with Gasteiger partial charge in [0.15, 0.2) is 0 Å². The van der Waals surface area contributed by atoms with Crippen LogP contribution >= 0.6 is 11.3 Å². The Kier molecular flexibility index (Phi) is 4.39. The maximum absolute atomic E-state index is 2.51. The molecule has 1 aliphatic carbocycles. The molecule has 0 bridgehead atoms. The predicted octanol–water partition coefficient (Wildman–Crippen LogP) is 12.5. The van der Waals surface area contributed by atoms with Crippen LogP contribution in [0.3, 0.4) is 0 Å². The molecule has 216 valence electrons. The highest BCUT2D eigenvalue weighted by Gasteiger charge is 2.27. The molecule has 0 unspecified atom stereocenters. The summed E-state index contributed by atoms with van der Waals surface area (Å²) in [5.74, 6) is 0. The Balaban J connectivity index is 1.29. The molecule has 1 aliphatic rings. The molecule has 0 N–H and O–H groups in total. The van der Waals surface area contributed by atoms with Gasteiger partial charge in [-0.25, -0.2) is 0 Å². The molecule has 12 rings (SSSR count). The Hall–Kier alpha value is -5.90. The fraction of sp³-hybridized carbons (Fsp3) is 0. The third-order valence-corrected chi connectivity index (χ3v) is 11.8. The largest absolute Gasteiger partial charge is 0.309 e. The fourth-order valence-corrected chi connectivity index (χ4v) is 9.84. The normalized spacial score (nSPS) is 12.7. The van der Waals surface area contributed by atoms with Crippen molar-refractivity contribution >= 4 is 96.7 Å². The molecule has 0 fully saturated rings. The molecule has 0 saturated carbocycles. The predicted molar refractivity (Wildman–Crippen MR) is 202 cm³/mol. The van der Waals surface area contributed by atoms with E-state index in [1.54, 1.807) is 0 Å². The molecule has 0 atom stereocenters. The van der Waals surface area contributed by atoms with Crippen LogP contribution in [0.4, 0.5) is 0 Å². The molecule has 8 aromatic carbocycles. The second-order valence-electron chi connectivity index (χ2n) is 12.9.